The first-order valence-electron chi connectivity index (χ1n) is 6.00. The van der Waals surface area contributed by atoms with Gasteiger partial charge in [0, 0.05) is 23.7 Å². The van der Waals surface area contributed by atoms with Crippen LogP contribution in [0, 0.1) is 5.41 Å². The van der Waals surface area contributed by atoms with Crippen molar-refractivity contribution < 1.29 is 0 Å². The fraction of sp³-hybridized carbons (Fsp3) is 0.0769. The Labute approximate surface area is 123 Å². The second kappa shape index (κ2) is 4.53. The third kappa shape index (κ3) is 1.70. The van der Waals surface area contributed by atoms with Crippen molar-refractivity contribution in [2.75, 3.05) is 4.31 Å². The predicted octanol–water partition coefficient (Wildman–Crippen LogP) is 3.38. The highest BCUT2D eigenvalue weighted by Gasteiger charge is 2.26. The molecule has 1 aliphatic rings. The van der Waals surface area contributed by atoms with Crippen molar-refractivity contribution in [2.45, 2.75) is 5.75 Å². The van der Waals surface area contributed by atoms with Crippen LogP contribution in [0.1, 0.15) is 11.3 Å². The van der Waals surface area contributed by atoms with Crippen LogP contribution in [0.2, 0.25) is 0 Å². The van der Waals surface area contributed by atoms with Crippen LogP contribution in [-0.2, 0) is 5.75 Å². The standard InChI is InChI=1S/C13H9N5S2/c14-6-9-4-3-8-7-19-18(12(8)16-9)13-10-2-1-5-15-11(10)17-20-13/h1-6,14H,7H2. The van der Waals surface area contributed by atoms with Gasteiger partial charge >= 0.3 is 0 Å². The molecule has 0 spiro atoms. The quantitative estimate of drug-likeness (QED) is 0.580. The Morgan fingerprint density at radius 2 is 2.25 bits per heavy atom. The summed E-state index contributed by atoms with van der Waals surface area (Å²) in [6.45, 7) is 0. The zero-order valence-corrected chi connectivity index (χ0v) is 11.9. The smallest absolute Gasteiger partial charge is 0.174 e. The van der Waals surface area contributed by atoms with E-state index in [1.54, 1.807) is 18.1 Å². The van der Waals surface area contributed by atoms with Gasteiger partial charge in [0.1, 0.15) is 10.8 Å². The molecule has 0 unspecified atom stereocenters. The molecule has 0 aliphatic carbocycles. The van der Waals surface area contributed by atoms with Crippen LogP contribution < -0.4 is 4.31 Å². The third-order valence-corrected chi connectivity index (χ3v) is 5.10. The first-order chi connectivity index (χ1) is 9.86. The van der Waals surface area contributed by atoms with E-state index in [2.05, 4.69) is 18.6 Å². The number of nitrogens with zero attached hydrogens (tertiary/aromatic N) is 4. The maximum Gasteiger partial charge on any atom is 0.174 e. The monoisotopic (exact) mass is 299 g/mol. The van der Waals surface area contributed by atoms with Crippen molar-refractivity contribution >= 4 is 51.5 Å². The number of aromatic nitrogens is 3. The van der Waals surface area contributed by atoms with Gasteiger partial charge in [0.25, 0.3) is 0 Å². The highest BCUT2D eigenvalue weighted by molar-refractivity contribution is 8.00. The molecule has 20 heavy (non-hydrogen) atoms. The first kappa shape index (κ1) is 11.8. The summed E-state index contributed by atoms with van der Waals surface area (Å²) in [6, 6.07) is 7.86. The summed E-state index contributed by atoms with van der Waals surface area (Å²) >= 11 is 3.13. The van der Waals surface area contributed by atoms with E-state index in [9.17, 15) is 0 Å². The number of fused-ring (bicyclic) bond motifs is 2. The van der Waals surface area contributed by atoms with Gasteiger partial charge in [-0.1, -0.05) is 6.07 Å². The molecule has 3 aromatic rings. The molecule has 1 N–H and O–H groups in total. The molecule has 0 saturated carbocycles. The number of hydrogen-bond acceptors (Lipinski definition) is 7. The van der Waals surface area contributed by atoms with Crippen molar-refractivity contribution in [3.8, 4) is 0 Å². The van der Waals surface area contributed by atoms with E-state index in [0.29, 0.717) is 5.69 Å². The Morgan fingerprint density at radius 3 is 3.15 bits per heavy atom. The van der Waals surface area contributed by atoms with Gasteiger partial charge in [-0.05, 0) is 41.7 Å². The number of nitrogens with one attached hydrogen (secondary N) is 1. The molecular weight excluding hydrogens is 290 g/mol. The third-order valence-electron chi connectivity index (χ3n) is 3.09. The average Bonchev–Trinajstić information content (AvgIpc) is 3.09. The number of hydrogen-bond donors (Lipinski definition) is 1. The lowest BCUT2D eigenvalue weighted by Gasteiger charge is -2.14. The van der Waals surface area contributed by atoms with E-state index in [0.717, 1.165) is 27.6 Å². The summed E-state index contributed by atoms with van der Waals surface area (Å²) in [5.74, 6) is 1.80. The van der Waals surface area contributed by atoms with E-state index in [1.807, 2.05) is 24.3 Å². The van der Waals surface area contributed by atoms with E-state index < -0.39 is 0 Å². The molecule has 3 aromatic heterocycles. The molecule has 0 amide bonds. The molecule has 0 atom stereocenters. The predicted molar refractivity (Wildman–Crippen MR) is 83.0 cm³/mol. The van der Waals surface area contributed by atoms with Gasteiger partial charge in [0.2, 0.25) is 0 Å². The lowest BCUT2D eigenvalue weighted by molar-refractivity contribution is 1.23. The molecule has 0 fully saturated rings. The van der Waals surface area contributed by atoms with Gasteiger partial charge in [-0.3, -0.25) is 4.31 Å². The second-order valence-electron chi connectivity index (χ2n) is 4.29. The molecular formula is C13H9N5S2. The fourth-order valence-corrected chi connectivity index (χ4v) is 4.11. The van der Waals surface area contributed by atoms with Crippen molar-refractivity contribution in [2.24, 2.45) is 0 Å². The normalized spacial score (nSPS) is 13.7. The average molecular weight is 299 g/mol. The second-order valence-corrected chi connectivity index (χ2v) is 5.96. The summed E-state index contributed by atoms with van der Waals surface area (Å²) in [5.41, 5.74) is 2.62. The Morgan fingerprint density at radius 1 is 1.30 bits per heavy atom. The zero-order valence-electron chi connectivity index (χ0n) is 10.3. The van der Waals surface area contributed by atoms with Crippen molar-refractivity contribution in [3.05, 3.63) is 41.7 Å². The van der Waals surface area contributed by atoms with Crippen LogP contribution in [0.15, 0.2) is 30.5 Å². The summed E-state index contributed by atoms with van der Waals surface area (Å²) in [5, 5.41) is 9.43. The summed E-state index contributed by atoms with van der Waals surface area (Å²) < 4.78 is 6.48. The largest absolute Gasteiger partial charge is 0.307 e. The minimum Gasteiger partial charge on any atom is -0.307 e. The lowest BCUT2D eigenvalue weighted by Crippen LogP contribution is -2.04. The van der Waals surface area contributed by atoms with Gasteiger partial charge < -0.3 is 5.41 Å². The molecule has 0 radical (unpaired) electrons. The zero-order chi connectivity index (χ0) is 13.5. The van der Waals surface area contributed by atoms with Crippen LogP contribution >= 0.6 is 23.5 Å². The molecule has 5 nitrogen and oxygen atoms in total. The minimum atomic E-state index is 0.670. The molecule has 1 aliphatic heterocycles. The summed E-state index contributed by atoms with van der Waals surface area (Å²) in [4.78, 5) is 8.81. The lowest BCUT2D eigenvalue weighted by atomic mass is 10.2. The van der Waals surface area contributed by atoms with Crippen LogP contribution in [0.25, 0.3) is 11.0 Å². The van der Waals surface area contributed by atoms with Gasteiger partial charge in [0.15, 0.2) is 5.65 Å². The Balaban J connectivity index is 1.88. The highest BCUT2D eigenvalue weighted by atomic mass is 32.2. The maximum atomic E-state index is 7.35. The van der Waals surface area contributed by atoms with Gasteiger partial charge in [-0.2, -0.15) is 4.37 Å². The molecule has 0 bridgehead atoms. The molecule has 98 valence electrons. The number of pyridine rings is 2. The SMILES string of the molecule is N=Cc1ccc2c(n1)N(c1snc3ncccc13)SC2. The maximum absolute atomic E-state index is 7.35. The van der Waals surface area contributed by atoms with Gasteiger partial charge in [-0.15, -0.1) is 0 Å². The topological polar surface area (TPSA) is 65.8 Å². The highest BCUT2D eigenvalue weighted by Crippen LogP contribution is 2.46. The fourth-order valence-electron chi connectivity index (χ4n) is 2.13. The van der Waals surface area contributed by atoms with E-state index in [4.69, 9.17) is 5.41 Å². The molecule has 0 saturated heterocycles. The van der Waals surface area contributed by atoms with E-state index in [-0.39, 0.29) is 0 Å². The molecule has 4 heterocycles. The molecule has 7 heteroatoms. The Hall–Kier alpha value is -1.99. The van der Waals surface area contributed by atoms with E-state index in [1.165, 1.54) is 23.3 Å². The van der Waals surface area contributed by atoms with Crippen molar-refractivity contribution in [1.82, 2.24) is 14.3 Å². The Kier molecular flexibility index (Phi) is 2.68. The van der Waals surface area contributed by atoms with Crippen LogP contribution in [0.3, 0.4) is 0 Å². The van der Waals surface area contributed by atoms with Crippen LogP contribution in [0.4, 0.5) is 10.8 Å². The summed E-state index contributed by atoms with van der Waals surface area (Å²) in [7, 11) is 0. The summed E-state index contributed by atoms with van der Waals surface area (Å²) in [6.07, 6.45) is 3.02. The van der Waals surface area contributed by atoms with Crippen molar-refractivity contribution in [1.29, 1.82) is 5.41 Å². The number of rotatable bonds is 2. The first-order valence-corrected chi connectivity index (χ1v) is 7.72. The van der Waals surface area contributed by atoms with E-state index >= 15 is 0 Å². The Bertz CT molecular complexity index is 813. The molecule has 0 aromatic carbocycles. The minimum absolute atomic E-state index is 0.670. The van der Waals surface area contributed by atoms with Crippen molar-refractivity contribution in [3.63, 3.8) is 0 Å². The number of anilines is 2. The van der Waals surface area contributed by atoms with Crippen LogP contribution in [-0.4, -0.2) is 20.6 Å². The van der Waals surface area contributed by atoms with Gasteiger partial charge in [-0.25, -0.2) is 9.97 Å². The van der Waals surface area contributed by atoms with Crippen LogP contribution in [0.5, 0.6) is 0 Å². The van der Waals surface area contributed by atoms with Gasteiger partial charge in [0.05, 0.1) is 11.1 Å². The molecule has 4 rings (SSSR count).